The lowest BCUT2D eigenvalue weighted by molar-refractivity contribution is -0.136. The third-order valence-electron chi connectivity index (χ3n) is 3.29. The van der Waals surface area contributed by atoms with Crippen LogP contribution >= 0.6 is 11.8 Å². The molecule has 0 bridgehead atoms. The normalized spacial score (nSPS) is 26.6. The van der Waals surface area contributed by atoms with Gasteiger partial charge in [-0.3, -0.25) is 9.59 Å². The molecule has 1 N–H and O–H groups in total. The van der Waals surface area contributed by atoms with E-state index in [4.69, 9.17) is 5.11 Å². The second-order valence-electron chi connectivity index (χ2n) is 4.72. The number of thioether (sulfide) groups is 1. The Hall–Kier alpha value is -0.710. The number of likely N-dealkylation sites (tertiary alicyclic amines) is 1. The van der Waals surface area contributed by atoms with E-state index in [-0.39, 0.29) is 23.7 Å². The van der Waals surface area contributed by atoms with Crippen molar-refractivity contribution in [2.75, 3.05) is 5.75 Å². The summed E-state index contributed by atoms with van der Waals surface area (Å²) in [6.07, 6.45) is 3.27. The van der Waals surface area contributed by atoms with E-state index < -0.39 is 11.2 Å². The van der Waals surface area contributed by atoms with Crippen molar-refractivity contribution < 1.29 is 14.7 Å². The Labute approximate surface area is 107 Å². The third kappa shape index (κ3) is 3.91. The van der Waals surface area contributed by atoms with Gasteiger partial charge in [0.15, 0.2) is 0 Å². The molecule has 0 spiro atoms. The predicted octanol–water partition coefficient (Wildman–Crippen LogP) is 1.98. The highest BCUT2D eigenvalue weighted by Gasteiger charge is 2.29. The molecule has 1 fully saturated rings. The molecule has 3 unspecified atom stereocenters. The maximum absolute atomic E-state index is 12.1. The van der Waals surface area contributed by atoms with Crippen molar-refractivity contribution in [3.8, 4) is 0 Å². The first-order valence-corrected chi connectivity index (χ1v) is 7.14. The van der Waals surface area contributed by atoms with Crippen molar-refractivity contribution in [2.45, 2.75) is 57.4 Å². The molecule has 1 rings (SSSR count). The van der Waals surface area contributed by atoms with Crippen molar-refractivity contribution in [2.24, 2.45) is 0 Å². The van der Waals surface area contributed by atoms with E-state index in [0.29, 0.717) is 0 Å². The number of hydrogen-bond donors (Lipinski definition) is 1. The van der Waals surface area contributed by atoms with Crippen LogP contribution in [0.3, 0.4) is 0 Å². The first-order valence-electron chi connectivity index (χ1n) is 6.09. The molecule has 1 saturated heterocycles. The molecule has 5 heteroatoms. The fraction of sp³-hybridized carbons (Fsp3) is 0.833. The van der Waals surface area contributed by atoms with Gasteiger partial charge in [0.25, 0.3) is 0 Å². The Kier molecular flexibility index (Phi) is 5.31. The standard InChI is InChI=1S/C12H21NO3S/c1-8-5-4-6-9(2)13(8)11(14)7-17-10(3)12(15)16/h8-10H,4-7H2,1-3H3,(H,15,16). The SMILES string of the molecule is CC(SCC(=O)N1C(C)CCCC1C)C(=O)O. The zero-order chi connectivity index (χ0) is 13.0. The van der Waals surface area contributed by atoms with Crippen LogP contribution in [-0.2, 0) is 9.59 Å². The van der Waals surface area contributed by atoms with Crippen LogP contribution in [0.2, 0.25) is 0 Å². The molecule has 1 amide bonds. The topological polar surface area (TPSA) is 57.6 Å². The summed E-state index contributed by atoms with van der Waals surface area (Å²) in [5, 5.41) is 8.24. The minimum absolute atomic E-state index is 0.0720. The smallest absolute Gasteiger partial charge is 0.316 e. The Morgan fingerprint density at radius 1 is 1.35 bits per heavy atom. The number of piperidine rings is 1. The van der Waals surface area contributed by atoms with Crippen LogP contribution in [0.25, 0.3) is 0 Å². The minimum Gasteiger partial charge on any atom is -0.480 e. The van der Waals surface area contributed by atoms with Gasteiger partial charge in [0, 0.05) is 12.1 Å². The second-order valence-corrected chi connectivity index (χ2v) is 6.05. The lowest BCUT2D eigenvalue weighted by atomic mass is 9.98. The van der Waals surface area contributed by atoms with Crippen molar-refractivity contribution >= 4 is 23.6 Å². The third-order valence-corrected chi connectivity index (χ3v) is 4.40. The maximum Gasteiger partial charge on any atom is 0.316 e. The fourth-order valence-corrected chi connectivity index (χ4v) is 2.94. The number of rotatable bonds is 4. The minimum atomic E-state index is -0.859. The summed E-state index contributed by atoms with van der Waals surface area (Å²) in [6, 6.07) is 0.568. The molecular formula is C12H21NO3S. The molecule has 0 aromatic rings. The molecule has 0 aromatic heterocycles. The molecule has 1 aliphatic heterocycles. The zero-order valence-electron chi connectivity index (χ0n) is 10.7. The number of nitrogens with zero attached hydrogens (tertiary/aromatic N) is 1. The predicted molar refractivity (Wildman–Crippen MR) is 69.2 cm³/mol. The Balaban J connectivity index is 2.48. The molecule has 0 aromatic carbocycles. The molecular weight excluding hydrogens is 238 g/mol. The number of hydrogen-bond acceptors (Lipinski definition) is 3. The number of carboxylic acid groups (broad SMARTS) is 1. The van der Waals surface area contributed by atoms with Gasteiger partial charge < -0.3 is 10.0 Å². The molecule has 98 valence electrons. The number of amides is 1. The first kappa shape index (κ1) is 14.4. The monoisotopic (exact) mass is 259 g/mol. The van der Waals surface area contributed by atoms with E-state index in [1.54, 1.807) is 6.92 Å². The van der Waals surface area contributed by atoms with Gasteiger partial charge in [-0.2, -0.15) is 0 Å². The van der Waals surface area contributed by atoms with Crippen LogP contribution in [0.5, 0.6) is 0 Å². The summed E-state index contributed by atoms with van der Waals surface area (Å²) in [4.78, 5) is 24.7. The van der Waals surface area contributed by atoms with Gasteiger partial charge in [-0.1, -0.05) is 0 Å². The Morgan fingerprint density at radius 3 is 2.35 bits per heavy atom. The highest BCUT2D eigenvalue weighted by molar-refractivity contribution is 8.01. The van der Waals surface area contributed by atoms with Crippen LogP contribution in [0.15, 0.2) is 0 Å². The van der Waals surface area contributed by atoms with Gasteiger partial charge in [-0.15, -0.1) is 11.8 Å². The second kappa shape index (κ2) is 6.28. The van der Waals surface area contributed by atoms with Gasteiger partial charge in [-0.25, -0.2) is 0 Å². The Bertz CT molecular complexity index is 285. The lowest BCUT2D eigenvalue weighted by Gasteiger charge is -2.39. The number of carbonyl (C=O) groups is 2. The van der Waals surface area contributed by atoms with E-state index in [0.717, 1.165) is 12.8 Å². The highest BCUT2D eigenvalue weighted by Crippen LogP contribution is 2.24. The van der Waals surface area contributed by atoms with Gasteiger partial charge in [-0.05, 0) is 40.0 Å². The number of carbonyl (C=O) groups excluding carboxylic acids is 1. The van der Waals surface area contributed by atoms with Crippen molar-refractivity contribution in [1.29, 1.82) is 0 Å². The number of carboxylic acids is 1. The summed E-state index contributed by atoms with van der Waals surface area (Å²) in [6.45, 7) is 5.75. The van der Waals surface area contributed by atoms with E-state index in [1.165, 1.54) is 18.2 Å². The summed E-state index contributed by atoms with van der Waals surface area (Å²) in [7, 11) is 0. The molecule has 1 aliphatic rings. The highest BCUT2D eigenvalue weighted by atomic mass is 32.2. The summed E-state index contributed by atoms with van der Waals surface area (Å²) in [5.74, 6) is -0.521. The quantitative estimate of drug-likeness (QED) is 0.838. The van der Waals surface area contributed by atoms with E-state index >= 15 is 0 Å². The molecule has 17 heavy (non-hydrogen) atoms. The maximum atomic E-state index is 12.1. The van der Waals surface area contributed by atoms with E-state index in [2.05, 4.69) is 13.8 Å². The molecule has 4 nitrogen and oxygen atoms in total. The van der Waals surface area contributed by atoms with Crippen molar-refractivity contribution in [3.63, 3.8) is 0 Å². The largest absolute Gasteiger partial charge is 0.480 e. The molecule has 1 heterocycles. The lowest BCUT2D eigenvalue weighted by Crippen LogP contribution is -2.48. The summed E-state index contributed by atoms with van der Waals surface area (Å²) >= 11 is 1.20. The van der Waals surface area contributed by atoms with Gasteiger partial charge in [0.2, 0.25) is 5.91 Å². The van der Waals surface area contributed by atoms with E-state index in [1.807, 2.05) is 4.90 Å². The van der Waals surface area contributed by atoms with Crippen molar-refractivity contribution in [3.05, 3.63) is 0 Å². The van der Waals surface area contributed by atoms with Crippen LogP contribution < -0.4 is 0 Å². The fourth-order valence-electron chi connectivity index (χ4n) is 2.26. The average molecular weight is 259 g/mol. The van der Waals surface area contributed by atoms with Gasteiger partial charge >= 0.3 is 5.97 Å². The average Bonchev–Trinajstić information content (AvgIpc) is 2.25. The van der Waals surface area contributed by atoms with Gasteiger partial charge in [0.05, 0.1) is 11.0 Å². The van der Waals surface area contributed by atoms with Crippen LogP contribution in [0, 0.1) is 0 Å². The van der Waals surface area contributed by atoms with Crippen molar-refractivity contribution in [1.82, 2.24) is 4.90 Å². The molecule has 0 saturated carbocycles. The molecule has 0 radical (unpaired) electrons. The first-order chi connectivity index (χ1) is 7.93. The van der Waals surface area contributed by atoms with E-state index in [9.17, 15) is 9.59 Å². The zero-order valence-corrected chi connectivity index (χ0v) is 11.5. The summed E-state index contributed by atoms with van der Waals surface area (Å²) in [5.41, 5.74) is 0. The molecule has 0 aliphatic carbocycles. The van der Waals surface area contributed by atoms with Crippen LogP contribution in [0.1, 0.15) is 40.0 Å². The number of aliphatic carboxylic acids is 1. The van der Waals surface area contributed by atoms with Crippen LogP contribution in [0.4, 0.5) is 0 Å². The van der Waals surface area contributed by atoms with Gasteiger partial charge in [0.1, 0.15) is 0 Å². The summed E-state index contributed by atoms with van der Waals surface area (Å²) < 4.78 is 0. The Morgan fingerprint density at radius 2 is 1.88 bits per heavy atom. The van der Waals surface area contributed by atoms with Crippen LogP contribution in [-0.4, -0.2) is 45.0 Å². The molecule has 3 atom stereocenters.